The van der Waals surface area contributed by atoms with E-state index in [0.29, 0.717) is 26.2 Å². The predicted octanol–water partition coefficient (Wildman–Crippen LogP) is 0.211. The van der Waals surface area contributed by atoms with Gasteiger partial charge in [-0.05, 0) is 6.42 Å². The van der Waals surface area contributed by atoms with E-state index >= 15 is 0 Å². The Labute approximate surface area is 117 Å². The van der Waals surface area contributed by atoms with Crippen LogP contribution in [0.25, 0.3) is 0 Å². The Bertz CT molecular complexity index is 276. The number of ether oxygens (including phenoxy) is 1. The number of methoxy groups -OCH3 is 1. The summed E-state index contributed by atoms with van der Waals surface area (Å²) < 4.78 is 32.1. The molecule has 0 heterocycles. The molecule has 0 saturated carbocycles. The van der Waals surface area contributed by atoms with Crippen LogP contribution in [0.1, 0.15) is 19.8 Å². The molecule has 18 heavy (non-hydrogen) atoms. The maximum atomic E-state index is 11.7. The van der Waals surface area contributed by atoms with E-state index in [1.54, 1.807) is 14.2 Å². The van der Waals surface area contributed by atoms with Crippen molar-refractivity contribution in [2.24, 2.45) is 0 Å². The summed E-state index contributed by atoms with van der Waals surface area (Å²) in [6.45, 7) is 4.94. The molecule has 0 fully saturated rings. The molecular weight excluding hydrogens is 278 g/mol. The number of rotatable bonds is 11. The lowest BCUT2D eigenvalue weighted by atomic mass is 10.3. The zero-order valence-electron chi connectivity index (χ0n) is 11.4. The molecular formula is C10H26ClN3O3S. The molecule has 0 radical (unpaired) electrons. The molecule has 0 aliphatic heterocycles. The van der Waals surface area contributed by atoms with Crippen LogP contribution >= 0.6 is 12.4 Å². The molecule has 0 aromatic rings. The average molecular weight is 304 g/mol. The SMILES string of the molecule is CCCCN(C)S(=O)(=O)NCCNCCOC.Cl. The van der Waals surface area contributed by atoms with Crippen molar-refractivity contribution in [2.75, 3.05) is 46.9 Å². The molecule has 0 aromatic heterocycles. The Morgan fingerprint density at radius 1 is 1.22 bits per heavy atom. The summed E-state index contributed by atoms with van der Waals surface area (Å²) in [5.41, 5.74) is 0. The van der Waals surface area contributed by atoms with Crippen LogP contribution in [-0.4, -0.2) is 59.7 Å². The Morgan fingerprint density at radius 2 is 1.89 bits per heavy atom. The number of nitrogens with one attached hydrogen (secondary N) is 2. The molecule has 0 unspecified atom stereocenters. The summed E-state index contributed by atoms with van der Waals surface area (Å²) in [5, 5.41) is 3.07. The van der Waals surface area contributed by atoms with Crippen LogP contribution in [0.15, 0.2) is 0 Å². The predicted molar refractivity (Wildman–Crippen MR) is 76.5 cm³/mol. The normalized spacial score (nSPS) is 11.6. The van der Waals surface area contributed by atoms with Crippen molar-refractivity contribution in [3.63, 3.8) is 0 Å². The van der Waals surface area contributed by atoms with Gasteiger partial charge in [0.25, 0.3) is 10.2 Å². The van der Waals surface area contributed by atoms with Crippen molar-refractivity contribution in [3.8, 4) is 0 Å². The maximum absolute atomic E-state index is 11.7. The summed E-state index contributed by atoms with van der Waals surface area (Å²) in [5.74, 6) is 0. The second-order valence-electron chi connectivity index (χ2n) is 3.82. The highest BCUT2D eigenvalue weighted by Gasteiger charge is 2.15. The molecule has 0 atom stereocenters. The number of unbranched alkanes of at least 4 members (excludes halogenated alkanes) is 1. The van der Waals surface area contributed by atoms with Crippen molar-refractivity contribution in [3.05, 3.63) is 0 Å². The van der Waals surface area contributed by atoms with Gasteiger partial charge in [-0.25, -0.2) is 4.72 Å². The van der Waals surface area contributed by atoms with E-state index < -0.39 is 10.2 Å². The lowest BCUT2D eigenvalue weighted by molar-refractivity contribution is 0.199. The minimum Gasteiger partial charge on any atom is -0.383 e. The summed E-state index contributed by atoms with van der Waals surface area (Å²) in [7, 11) is -0.0876. The van der Waals surface area contributed by atoms with Crippen LogP contribution in [0, 0.1) is 0 Å². The monoisotopic (exact) mass is 303 g/mol. The lowest BCUT2D eigenvalue weighted by Crippen LogP contribution is -2.41. The largest absolute Gasteiger partial charge is 0.383 e. The fourth-order valence-electron chi connectivity index (χ4n) is 1.18. The zero-order chi connectivity index (χ0) is 13.1. The highest BCUT2D eigenvalue weighted by atomic mass is 35.5. The van der Waals surface area contributed by atoms with Crippen LogP contribution in [0.2, 0.25) is 0 Å². The second kappa shape index (κ2) is 12.1. The number of nitrogens with zero attached hydrogens (tertiary/aromatic N) is 1. The highest BCUT2D eigenvalue weighted by molar-refractivity contribution is 7.87. The molecule has 112 valence electrons. The topological polar surface area (TPSA) is 70.7 Å². The quantitative estimate of drug-likeness (QED) is 0.535. The fourth-order valence-corrected chi connectivity index (χ4v) is 2.13. The summed E-state index contributed by atoms with van der Waals surface area (Å²) >= 11 is 0. The first-order valence-corrected chi connectivity index (χ1v) is 7.39. The van der Waals surface area contributed by atoms with Gasteiger partial charge in [-0.15, -0.1) is 12.4 Å². The van der Waals surface area contributed by atoms with Crippen LogP contribution in [0.5, 0.6) is 0 Å². The van der Waals surface area contributed by atoms with Crippen molar-refractivity contribution < 1.29 is 13.2 Å². The van der Waals surface area contributed by atoms with Gasteiger partial charge in [-0.3, -0.25) is 0 Å². The Balaban J connectivity index is 0. The van der Waals surface area contributed by atoms with Gasteiger partial charge < -0.3 is 10.1 Å². The molecule has 0 bridgehead atoms. The van der Waals surface area contributed by atoms with Crippen molar-refractivity contribution in [1.29, 1.82) is 0 Å². The number of hydrogen-bond donors (Lipinski definition) is 2. The Morgan fingerprint density at radius 3 is 2.44 bits per heavy atom. The molecule has 0 aromatic carbocycles. The van der Waals surface area contributed by atoms with E-state index in [1.165, 1.54) is 4.31 Å². The Hall–Kier alpha value is 0.0800. The minimum absolute atomic E-state index is 0. The van der Waals surface area contributed by atoms with Gasteiger partial charge in [0.2, 0.25) is 0 Å². The lowest BCUT2D eigenvalue weighted by Gasteiger charge is -2.17. The first-order chi connectivity index (χ1) is 8.04. The number of hydrogen-bond acceptors (Lipinski definition) is 4. The molecule has 0 aliphatic rings. The molecule has 8 heteroatoms. The van der Waals surface area contributed by atoms with E-state index in [2.05, 4.69) is 10.0 Å². The van der Waals surface area contributed by atoms with E-state index in [4.69, 9.17) is 4.74 Å². The van der Waals surface area contributed by atoms with E-state index in [1.807, 2.05) is 6.92 Å². The smallest absolute Gasteiger partial charge is 0.279 e. The zero-order valence-corrected chi connectivity index (χ0v) is 13.1. The number of halogens is 1. The fraction of sp³-hybridized carbons (Fsp3) is 1.00. The maximum Gasteiger partial charge on any atom is 0.279 e. The van der Waals surface area contributed by atoms with Crippen LogP contribution in [-0.2, 0) is 14.9 Å². The van der Waals surface area contributed by atoms with Crippen LogP contribution < -0.4 is 10.0 Å². The summed E-state index contributed by atoms with van der Waals surface area (Å²) in [4.78, 5) is 0. The second-order valence-corrected chi connectivity index (χ2v) is 5.68. The van der Waals surface area contributed by atoms with Crippen molar-refractivity contribution in [2.45, 2.75) is 19.8 Å². The van der Waals surface area contributed by atoms with E-state index in [-0.39, 0.29) is 12.4 Å². The molecule has 6 nitrogen and oxygen atoms in total. The molecule has 0 saturated heterocycles. The van der Waals surface area contributed by atoms with Gasteiger partial charge in [0.15, 0.2) is 0 Å². The molecule has 0 amide bonds. The summed E-state index contributed by atoms with van der Waals surface area (Å²) in [6, 6.07) is 0. The first-order valence-electron chi connectivity index (χ1n) is 5.95. The Kier molecular flexibility index (Phi) is 13.7. The van der Waals surface area contributed by atoms with Gasteiger partial charge in [0, 0.05) is 40.3 Å². The average Bonchev–Trinajstić information content (AvgIpc) is 2.30. The van der Waals surface area contributed by atoms with Crippen LogP contribution in [0.3, 0.4) is 0 Å². The third-order valence-electron chi connectivity index (χ3n) is 2.31. The molecule has 0 spiro atoms. The minimum atomic E-state index is -3.31. The summed E-state index contributed by atoms with van der Waals surface area (Å²) in [6.07, 6.45) is 1.86. The third kappa shape index (κ3) is 10.0. The van der Waals surface area contributed by atoms with Crippen molar-refractivity contribution in [1.82, 2.24) is 14.3 Å². The first kappa shape index (κ1) is 20.4. The van der Waals surface area contributed by atoms with E-state index in [0.717, 1.165) is 19.4 Å². The molecule has 0 rings (SSSR count). The van der Waals surface area contributed by atoms with Gasteiger partial charge in [-0.2, -0.15) is 12.7 Å². The highest BCUT2D eigenvalue weighted by Crippen LogP contribution is 1.97. The van der Waals surface area contributed by atoms with Crippen LogP contribution in [0.4, 0.5) is 0 Å². The standard InChI is InChI=1S/C10H25N3O3S.ClH/c1-4-5-9-13(2)17(14,15)12-7-6-11-8-10-16-3;/h11-12H,4-10H2,1-3H3;1H. The molecule has 0 aliphatic carbocycles. The third-order valence-corrected chi connectivity index (χ3v) is 3.88. The van der Waals surface area contributed by atoms with Crippen molar-refractivity contribution >= 4 is 22.6 Å². The van der Waals surface area contributed by atoms with Gasteiger partial charge >= 0.3 is 0 Å². The van der Waals surface area contributed by atoms with Gasteiger partial charge in [0.1, 0.15) is 0 Å². The van der Waals surface area contributed by atoms with Gasteiger partial charge in [0.05, 0.1) is 6.61 Å². The van der Waals surface area contributed by atoms with Gasteiger partial charge in [-0.1, -0.05) is 13.3 Å². The molecule has 2 N–H and O–H groups in total. The van der Waals surface area contributed by atoms with E-state index in [9.17, 15) is 8.42 Å².